The van der Waals surface area contributed by atoms with Crippen LogP contribution >= 0.6 is 0 Å². The summed E-state index contributed by atoms with van der Waals surface area (Å²) in [5, 5.41) is 0. The normalized spacial score (nSPS) is 17.7. The highest BCUT2D eigenvalue weighted by atomic mass is 16.6. The van der Waals surface area contributed by atoms with E-state index in [1.165, 1.54) is 11.1 Å². The van der Waals surface area contributed by atoms with Crippen molar-refractivity contribution in [1.82, 2.24) is 4.90 Å². The maximum absolute atomic E-state index is 13.0. The summed E-state index contributed by atoms with van der Waals surface area (Å²) in [4.78, 5) is 14.8. The van der Waals surface area contributed by atoms with E-state index >= 15 is 0 Å². The molecule has 0 N–H and O–H groups in total. The minimum absolute atomic E-state index is 0.0698. The van der Waals surface area contributed by atoms with Crippen molar-refractivity contribution in [2.45, 2.75) is 64.4 Å². The van der Waals surface area contributed by atoms with E-state index < -0.39 is 5.60 Å². The Hall–Kier alpha value is -3.31. The summed E-state index contributed by atoms with van der Waals surface area (Å²) in [5.41, 5.74) is 3.03. The van der Waals surface area contributed by atoms with Crippen LogP contribution < -0.4 is 4.74 Å². The second kappa shape index (κ2) is 12.1. The molecule has 5 nitrogen and oxygen atoms in total. The monoisotopic (exact) mass is 487 g/mol. The summed E-state index contributed by atoms with van der Waals surface area (Å²) in [5.74, 6) is 0.867. The fraction of sp³-hybridized carbons (Fsp3) is 0.387. The van der Waals surface area contributed by atoms with Crippen LogP contribution in [-0.2, 0) is 28.9 Å². The van der Waals surface area contributed by atoms with Gasteiger partial charge >= 0.3 is 6.09 Å². The van der Waals surface area contributed by atoms with Gasteiger partial charge in [-0.05, 0) is 62.8 Å². The molecule has 1 unspecified atom stereocenters. The Kier molecular flexibility index (Phi) is 8.65. The van der Waals surface area contributed by atoms with Gasteiger partial charge in [0.05, 0.1) is 25.3 Å². The van der Waals surface area contributed by atoms with Gasteiger partial charge in [0.15, 0.2) is 0 Å². The average Bonchev–Trinajstić information content (AvgIpc) is 3.29. The number of likely N-dealkylation sites (tertiary alicyclic amines) is 1. The number of carbonyl (C=O) groups is 1. The number of hydrogen-bond donors (Lipinski definition) is 0. The van der Waals surface area contributed by atoms with Gasteiger partial charge < -0.3 is 14.2 Å². The molecule has 0 saturated carbocycles. The van der Waals surface area contributed by atoms with E-state index in [1.807, 2.05) is 75.4 Å². The minimum atomic E-state index is -0.560. The molecule has 0 bridgehead atoms. The first-order valence-electron chi connectivity index (χ1n) is 12.8. The molecule has 1 fully saturated rings. The maximum atomic E-state index is 13.0. The third-order valence-electron chi connectivity index (χ3n) is 6.26. The van der Waals surface area contributed by atoms with E-state index in [4.69, 9.17) is 14.2 Å². The van der Waals surface area contributed by atoms with Gasteiger partial charge in [-0.25, -0.2) is 4.79 Å². The number of rotatable bonds is 9. The molecule has 190 valence electrons. The number of para-hydroxylation sites is 1. The Balaban J connectivity index is 1.40. The molecule has 0 aliphatic carbocycles. The van der Waals surface area contributed by atoms with Crippen molar-refractivity contribution in [3.8, 4) is 5.75 Å². The number of carbonyl (C=O) groups excluding carboxylic acids is 1. The first-order chi connectivity index (χ1) is 17.4. The second-order valence-electron chi connectivity index (χ2n) is 10.3. The molecule has 1 aliphatic rings. The van der Waals surface area contributed by atoms with Crippen molar-refractivity contribution < 1.29 is 19.0 Å². The van der Waals surface area contributed by atoms with Gasteiger partial charge in [-0.15, -0.1) is 0 Å². The molecule has 3 aromatic rings. The maximum Gasteiger partial charge on any atom is 0.410 e. The highest BCUT2D eigenvalue weighted by molar-refractivity contribution is 5.69. The van der Waals surface area contributed by atoms with Crippen molar-refractivity contribution in [1.29, 1.82) is 0 Å². The molecule has 1 amide bonds. The molecule has 1 heterocycles. The molecule has 0 radical (unpaired) electrons. The van der Waals surface area contributed by atoms with E-state index in [1.54, 1.807) is 4.90 Å². The van der Waals surface area contributed by atoms with E-state index in [-0.39, 0.29) is 18.2 Å². The van der Waals surface area contributed by atoms with Crippen LogP contribution in [0.4, 0.5) is 4.79 Å². The van der Waals surface area contributed by atoms with Crippen LogP contribution in [-0.4, -0.2) is 41.9 Å². The summed E-state index contributed by atoms with van der Waals surface area (Å²) >= 11 is 0. The quantitative estimate of drug-likeness (QED) is 0.348. The number of benzene rings is 3. The third-order valence-corrected chi connectivity index (χ3v) is 6.26. The van der Waals surface area contributed by atoms with Gasteiger partial charge in [0.2, 0.25) is 0 Å². The zero-order valence-electron chi connectivity index (χ0n) is 21.6. The first kappa shape index (κ1) is 25.8. The van der Waals surface area contributed by atoms with Crippen molar-refractivity contribution >= 4 is 6.09 Å². The van der Waals surface area contributed by atoms with Crippen LogP contribution in [0.15, 0.2) is 84.9 Å². The Bertz CT molecular complexity index is 1090. The number of ether oxygens (including phenoxy) is 3. The van der Waals surface area contributed by atoms with Crippen LogP contribution in [0.2, 0.25) is 0 Å². The zero-order chi connectivity index (χ0) is 25.4. The van der Waals surface area contributed by atoms with Crippen LogP contribution in [0.1, 0.15) is 43.9 Å². The number of nitrogens with zero attached hydrogens (tertiary/aromatic N) is 1. The Morgan fingerprint density at radius 2 is 1.50 bits per heavy atom. The van der Waals surface area contributed by atoms with Gasteiger partial charge in [0, 0.05) is 0 Å². The van der Waals surface area contributed by atoms with Crippen molar-refractivity contribution in [2.75, 3.05) is 13.2 Å². The van der Waals surface area contributed by atoms with Crippen LogP contribution in [0.5, 0.6) is 5.75 Å². The van der Waals surface area contributed by atoms with Crippen LogP contribution in [0, 0.1) is 0 Å². The third kappa shape index (κ3) is 7.59. The van der Waals surface area contributed by atoms with Crippen molar-refractivity contribution in [3.63, 3.8) is 0 Å². The molecule has 36 heavy (non-hydrogen) atoms. The SMILES string of the molecule is CC(C)(C)OC(=O)N1C[C@H](OCc2ccccc2)CC1COc1ccccc1CCc1ccccc1. The fourth-order valence-corrected chi connectivity index (χ4v) is 4.45. The standard InChI is InChI=1S/C31H37NO4/c1-31(2,3)36-30(33)32-21-28(34-22-25-14-8-5-9-15-25)20-27(32)23-35-29-17-11-10-16-26(29)19-18-24-12-6-4-7-13-24/h4-17,27-28H,18-23H2,1-3H3/t27?,28-/m1/s1. The molecule has 5 heteroatoms. The lowest BCUT2D eigenvalue weighted by atomic mass is 10.0. The summed E-state index contributed by atoms with van der Waals surface area (Å²) in [6, 6.07) is 28.6. The smallest absolute Gasteiger partial charge is 0.410 e. The Labute approximate surface area is 215 Å². The zero-order valence-corrected chi connectivity index (χ0v) is 21.6. The molecule has 0 aromatic heterocycles. The van der Waals surface area contributed by atoms with Gasteiger partial charge in [0.25, 0.3) is 0 Å². The molecule has 4 rings (SSSR count). The number of amides is 1. The van der Waals surface area contributed by atoms with Gasteiger partial charge in [0.1, 0.15) is 18.0 Å². The van der Waals surface area contributed by atoms with Gasteiger partial charge in [-0.2, -0.15) is 0 Å². The Morgan fingerprint density at radius 3 is 2.19 bits per heavy atom. The molecule has 2 atom stereocenters. The number of hydrogen-bond acceptors (Lipinski definition) is 4. The molecule has 1 aliphatic heterocycles. The molecule has 3 aromatic carbocycles. The molecular formula is C31H37NO4. The first-order valence-corrected chi connectivity index (χ1v) is 12.8. The highest BCUT2D eigenvalue weighted by Crippen LogP contribution is 2.27. The van der Waals surface area contributed by atoms with E-state index in [9.17, 15) is 4.79 Å². The van der Waals surface area contributed by atoms with Crippen molar-refractivity contribution in [2.24, 2.45) is 0 Å². The van der Waals surface area contributed by atoms with Crippen LogP contribution in [0.3, 0.4) is 0 Å². The lowest BCUT2D eigenvalue weighted by Gasteiger charge is -2.28. The molecule has 0 spiro atoms. The summed E-state index contributed by atoms with van der Waals surface area (Å²) in [7, 11) is 0. The van der Waals surface area contributed by atoms with E-state index in [0.717, 1.165) is 24.2 Å². The second-order valence-corrected chi connectivity index (χ2v) is 10.3. The highest BCUT2D eigenvalue weighted by Gasteiger charge is 2.38. The fourth-order valence-electron chi connectivity index (χ4n) is 4.45. The average molecular weight is 488 g/mol. The van der Waals surface area contributed by atoms with E-state index in [0.29, 0.717) is 26.2 Å². The predicted molar refractivity (Wildman–Crippen MR) is 142 cm³/mol. The Morgan fingerprint density at radius 1 is 0.861 bits per heavy atom. The lowest BCUT2D eigenvalue weighted by molar-refractivity contribution is 0.0127. The van der Waals surface area contributed by atoms with Gasteiger partial charge in [-0.3, -0.25) is 4.90 Å². The molecule has 1 saturated heterocycles. The summed E-state index contributed by atoms with van der Waals surface area (Å²) in [6.07, 6.45) is 2.16. The number of aryl methyl sites for hydroxylation is 2. The summed E-state index contributed by atoms with van der Waals surface area (Å²) < 4.78 is 18.2. The van der Waals surface area contributed by atoms with E-state index in [2.05, 4.69) is 30.3 Å². The van der Waals surface area contributed by atoms with Gasteiger partial charge in [-0.1, -0.05) is 78.9 Å². The largest absolute Gasteiger partial charge is 0.491 e. The van der Waals surface area contributed by atoms with Crippen LogP contribution in [0.25, 0.3) is 0 Å². The van der Waals surface area contributed by atoms with Crippen molar-refractivity contribution in [3.05, 3.63) is 102 Å². The topological polar surface area (TPSA) is 48.0 Å². The lowest BCUT2D eigenvalue weighted by Crippen LogP contribution is -2.42. The minimum Gasteiger partial charge on any atom is -0.491 e. The predicted octanol–water partition coefficient (Wildman–Crippen LogP) is 6.45. The molecular weight excluding hydrogens is 450 g/mol. The summed E-state index contributed by atoms with van der Waals surface area (Å²) in [6.45, 7) is 7.07.